The summed E-state index contributed by atoms with van der Waals surface area (Å²) in [4.78, 5) is 55.0. The SMILES string of the molecule is CC(NCCCCN(CCCNC(=O)OCc1ccccc1)C(=O)OCc1ccccc1)(NC(=O)CCCCCCN=C(N)N)C(=O)O. The molecule has 14 nitrogen and oxygen atoms in total. The molecule has 0 radical (unpaired) electrons. The number of rotatable bonds is 23. The third kappa shape index (κ3) is 17.2. The molecule has 0 saturated heterocycles. The average Bonchev–Trinajstić information content (AvgIpc) is 3.07. The van der Waals surface area contributed by atoms with E-state index in [2.05, 4.69) is 20.9 Å². The van der Waals surface area contributed by atoms with Gasteiger partial charge in [0.15, 0.2) is 11.6 Å². The number of benzene rings is 2. The van der Waals surface area contributed by atoms with Crippen molar-refractivity contribution in [1.29, 1.82) is 0 Å². The van der Waals surface area contributed by atoms with E-state index in [0.717, 1.165) is 30.4 Å². The Morgan fingerprint density at radius 2 is 1.40 bits per heavy atom. The Morgan fingerprint density at radius 1 is 0.792 bits per heavy atom. The number of nitrogens with two attached hydrogens (primary N) is 2. The lowest BCUT2D eigenvalue weighted by atomic mass is 10.1. The minimum absolute atomic E-state index is 0.0527. The highest BCUT2D eigenvalue weighted by Gasteiger charge is 2.33. The molecule has 0 bridgehead atoms. The van der Waals surface area contributed by atoms with Crippen LogP contribution in [0.2, 0.25) is 0 Å². The number of aliphatic carboxylic acids is 1. The van der Waals surface area contributed by atoms with E-state index in [4.69, 9.17) is 20.9 Å². The number of guanidine groups is 1. The van der Waals surface area contributed by atoms with E-state index in [-0.39, 0.29) is 38.0 Å². The van der Waals surface area contributed by atoms with Crippen LogP contribution < -0.4 is 27.4 Å². The smallest absolute Gasteiger partial charge is 0.410 e. The van der Waals surface area contributed by atoms with Gasteiger partial charge in [-0.15, -0.1) is 0 Å². The van der Waals surface area contributed by atoms with E-state index >= 15 is 0 Å². The number of nitrogens with one attached hydrogen (secondary N) is 3. The molecule has 1 atom stereocenters. The van der Waals surface area contributed by atoms with Crippen molar-refractivity contribution in [2.24, 2.45) is 16.5 Å². The average molecular weight is 670 g/mol. The maximum Gasteiger partial charge on any atom is 0.410 e. The first-order valence-electron chi connectivity index (χ1n) is 16.3. The van der Waals surface area contributed by atoms with Gasteiger partial charge in [-0.2, -0.15) is 0 Å². The predicted octanol–water partition coefficient (Wildman–Crippen LogP) is 3.45. The van der Waals surface area contributed by atoms with E-state index in [0.29, 0.717) is 51.9 Å². The number of carbonyl (C=O) groups is 4. The Hall–Kier alpha value is -4.85. The fourth-order valence-corrected chi connectivity index (χ4v) is 4.58. The molecule has 8 N–H and O–H groups in total. The summed E-state index contributed by atoms with van der Waals surface area (Å²) < 4.78 is 10.8. The fraction of sp³-hybridized carbons (Fsp3) is 0.500. The molecule has 14 heteroatoms. The molecule has 2 aromatic carbocycles. The van der Waals surface area contributed by atoms with E-state index in [9.17, 15) is 24.3 Å². The predicted molar refractivity (Wildman–Crippen MR) is 183 cm³/mol. The summed E-state index contributed by atoms with van der Waals surface area (Å²) in [6.45, 7) is 3.49. The van der Waals surface area contributed by atoms with Crippen LogP contribution in [-0.2, 0) is 32.3 Å². The second-order valence-electron chi connectivity index (χ2n) is 11.5. The molecule has 0 spiro atoms. The third-order valence-corrected chi connectivity index (χ3v) is 7.31. The van der Waals surface area contributed by atoms with Crippen LogP contribution in [0.4, 0.5) is 9.59 Å². The Labute approximate surface area is 282 Å². The molecule has 2 aromatic rings. The van der Waals surface area contributed by atoms with Crippen LogP contribution in [0, 0.1) is 0 Å². The van der Waals surface area contributed by atoms with Crippen LogP contribution in [-0.4, -0.2) is 78.4 Å². The molecule has 0 saturated carbocycles. The topological polar surface area (TPSA) is 211 Å². The third-order valence-electron chi connectivity index (χ3n) is 7.31. The molecule has 3 amide bonds. The molecule has 48 heavy (non-hydrogen) atoms. The van der Waals surface area contributed by atoms with Crippen LogP contribution in [0.25, 0.3) is 0 Å². The summed E-state index contributed by atoms with van der Waals surface area (Å²) >= 11 is 0. The van der Waals surface area contributed by atoms with Crippen molar-refractivity contribution in [2.75, 3.05) is 32.7 Å². The quantitative estimate of drug-likeness (QED) is 0.0439. The number of aliphatic imine (C=N–C) groups is 1. The van der Waals surface area contributed by atoms with Gasteiger partial charge >= 0.3 is 18.2 Å². The highest BCUT2D eigenvalue weighted by Crippen LogP contribution is 2.09. The Kier molecular flexibility index (Phi) is 18.5. The molecule has 1 unspecified atom stereocenters. The van der Waals surface area contributed by atoms with Gasteiger partial charge < -0.3 is 41.6 Å². The zero-order valence-corrected chi connectivity index (χ0v) is 27.8. The van der Waals surface area contributed by atoms with Gasteiger partial charge in [0, 0.05) is 32.6 Å². The van der Waals surface area contributed by atoms with E-state index in [1.54, 1.807) is 4.90 Å². The van der Waals surface area contributed by atoms with Crippen molar-refractivity contribution in [3.8, 4) is 0 Å². The first-order valence-corrected chi connectivity index (χ1v) is 16.3. The van der Waals surface area contributed by atoms with Crippen LogP contribution in [0.1, 0.15) is 69.4 Å². The summed E-state index contributed by atoms with van der Waals surface area (Å²) in [5.41, 5.74) is 10.7. The normalized spacial score (nSPS) is 11.9. The minimum atomic E-state index is -1.64. The van der Waals surface area contributed by atoms with E-state index in [1.807, 2.05) is 60.7 Å². The molecule has 0 aliphatic heterocycles. The van der Waals surface area contributed by atoms with Crippen molar-refractivity contribution in [2.45, 2.75) is 77.2 Å². The molecule has 2 rings (SSSR count). The van der Waals surface area contributed by atoms with Crippen molar-refractivity contribution in [3.05, 3.63) is 71.8 Å². The number of hydrogen-bond donors (Lipinski definition) is 6. The highest BCUT2D eigenvalue weighted by molar-refractivity contribution is 5.86. The van der Waals surface area contributed by atoms with Gasteiger partial charge in [0.25, 0.3) is 0 Å². The highest BCUT2D eigenvalue weighted by atomic mass is 16.6. The second kappa shape index (κ2) is 22.6. The number of carbonyl (C=O) groups excluding carboxylic acids is 3. The maximum absolute atomic E-state index is 13.0. The molecular weight excluding hydrogens is 618 g/mol. The molecular formula is C34H51N7O7. The second-order valence-corrected chi connectivity index (χ2v) is 11.5. The lowest BCUT2D eigenvalue weighted by molar-refractivity contribution is -0.148. The van der Waals surface area contributed by atoms with Crippen molar-refractivity contribution >= 4 is 30.0 Å². The number of ether oxygens (including phenoxy) is 2. The fourth-order valence-electron chi connectivity index (χ4n) is 4.58. The maximum atomic E-state index is 13.0. The van der Waals surface area contributed by atoms with Crippen molar-refractivity contribution in [1.82, 2.24) is 20.9 Å². The lowest BCUT2D eigenvalue weighted by Gasteiger charge is -2.28. The van der Waals surface area contributed by atoms with Gasteiger partial charge in [0.2, 0.25) is 5.91 Å². The molecule has 264 valence electrons. The first kappa shape index (κ1) is 39.3. The summed E-state index contributed by atoms with van der Waals surface area (Å²) in [6, 6.07) is 18.7. The standard InChI is InChI=1S/C34H51N7O7/c1-34(30(43)44,40-29(42)19-10-2-3-11-20-37-31(35)36)39-22-12-13-23-41(33(46)48-26-28-17-8-5-9-18-28)24-14-21-38-32(45)47-25-27-15-6-4-7-16-27/h4-9,15-18,39H,2-3,10-14,19-26H2,1H3,(H,38,45)(H,40,42)(H,43,44)(H4,35,36,37). The number of nitrogens with zero attached hydrogens (tertiary/aromatic N) is 2. The molecule has 0 heterocycles. The van der Waals surface area contributed by atoms with Crippen LogP contribution in [0.3, 0.4) is 0 Å². The van der Waals surface area contributed by atoms with Gasteiger partial charge in [-0.05, 0) is 56.7 Å². The molecule has 0 aliphatic rings. The Bertz CT molecular complexity index is 1280. The van der Waals surface area contributed by atoms with Gasteiger partial charge in [-0.3, -0.25) is 15.1 Å². The van der Waals surface area contributed by atoms with Gasteiger partial charge in [0.1, 0.15) is 13.2 Å². The van der Waals surface area contributed by atoms with E-state index < -0.39 is 23.8 Å². The number of carboxylic acids is 1. The van der Waals surface area contributed by atoms with Gasteiger partial charge in [-0.1, -0.05) is 73.5 Å². The monoisotopic (exact) mass is 669 g/mol. The van der Waals surface area contributed by atoms with E-state index in [1.165, 1.54) is 6.92 Å². The number of amides is 3. The number of hydrogen-bond acceptors (Lipinski definition) is 8. The molecule has 0 aromatic heterocycles. The summed E-state index contributed by atoms with van der Waals surface area (Å²) in [6.07, 6.45) is 3.78. The summed E-state index contributed by atoms with van der Waals surface area (Å²) in [5, 5.41) is 18.0. The molecule has 0 fully saturated rings. The van der Waals surface area contributed by atoms with Crippen molar-refractivity contribution < 1.29 is 33.8 Å². The summed E-state index contributed by atoms with van der Waals surface area (Å²) in [5.74, 6) is -1.51. The number of alkyl carbamates (subject to hydrolysis) is 1. The zero-order valence-electron chi connectivity index (χ0n) is 27.8. The largest absolute Gasteiger partial charge is 0.478 e. The van der Waals surface area contributed by atoms with Crippen LogP contribution in [0.5, 0.6) is 0 Å². The Balaban J connectivity index is 1.77. The molecule has 0 aliphatic carbocycles. The van der Waals surface area contributed by atoms with Crippen LogP contribution >= 0.6 is 0 Å². The van der Waals surface area contributed by atoms with Gasteiger partial charge in [0.05, 0.1) is 0 Å². The number of unbranched alkanes of at least 4 members (excludes halogenated alkanes) is 4. The first-order chi connectivity index (χ1) is 23.1. The van der Waals surface area contributed by atoms with Gasteiger partial charge in [-0.25, -0.2) is 14.4 Å². The number of carboxylic acid groups (broad SMARTS) is 1. The van der Waals surface area contributed by atoms with Crippen LogP contribution in [0.15, 0.2) is 65.7 Å². The van der Waals surface area contributed by atoms with Crippen molar-refractivity contribution in [3.63, 3.8) is 0 Å². The Morgan fingerprint density at radius 3 is 2.02 bits per heavy atom. The lowest BCUT2D eigenvalue weighted by Crippen LogP contribution is -2.62. The zero-order chi connectivity index (χ0) is 35.0. The summed E-state index contributed by atoms with van der Waals surface area (Å²) in [7, 11) is 0. The minimum Gasteiger partial charge on any atom is -0.478 e.